The van der Waals surface area contributed by atoms with Crippen LogP contribution in [0.25, 0.3) is 0 Å². The Morgan fingerprint density at radius 1 is 1.50 bits per heavy atom. The van der Waals surface area contributed by atoms with E-state index in [1.165, 1.54) is 6.26 Å². The normalized spacial score (nSPS) is 11.2. The minimum absolute atomic E-state index is 0.142. The van der Waals surface area contributed by atoms with Crippen LogP contribution in [0.4, 0.5) is 5.69 Å². The molecule has 3 N–H and O–H groups in total. The van der Waals surface area contributed by atoms with Crippen molar-refractivity contribution in [3.63, 3.8) is 0 Å². The van der Waals surface area contributed by atoms with E-state index < -0.39 is 9.84 Å². The first-order chi connectivity index (χ1) is 8.29. The van der Waals surface area contributed by atoms with Crippen molar-refractivity contribution in [2.75, 3.05) is 23.9 Å². The zero-order chi connectivity index (χ0) is 13.8. The van der Waals surface area contributed by atoms with Gasteiger partial charge in [-0.25, -0.2) is 8.42 Å². The molecule has 0 saturated heterocycles. The third-order valence-corrected chi connectivity index (χ3v) is 3.74. The van der Waals surface area contributed by atoms with Crippen LogP contribution in [0.3, 0.4) is 0 Å². The van der Waals surface area contributed by atoms with Gasteiger partial charge in [-0.3, -0.25) is 0 Å². The zero-order valence-electron chi connectivity index (χ0n) is 9.94. The second-order valence-electron chi connectivity index (χ2n) is 3.96. The maximum atomic E-state index is 11.0. The Bertz CT molecular complexity index is 544. The molecule has 0 aromatic heterocycles. The van der Waals surface area contributed by atoms with Crippen LogP contribution in [0.2, 0.25) is 5.02 Å². The van der Waals surface area contributed by atoms with Gasteiger partial charge in [0, 0.05) is 29.1 Å². The lowest BCUT2D eigenvalue weighted by Crippen LogP contribution is -2.15. The van der Waals surface area contributed by atoms with Crippen LogP contribution >= 0.6 is 23.8 Å². The average Bonchev–Trinajstić information content (AvgIpc) is 2.22. The van der Waals surface area contributed by atoms with Gasteiger partial charge in [-0.05, 0) is 24.6 Å². The number of nitrogens with two attached hydrogens (primary N) is 1. The smallest absolute Gasteiger partial charge is 0.147 e. The molecule has 0 fully saturated rings. The number of nitrogens with one attached hydrogen (secondary N) is 1. The molecule has 0 bridgehead atoms. The third-order valence-electron chi connectivity index (χ3n) is 2.25. The van der Waals surface area contributed by atoms with Crippen LogP contribution in [-0.4, -0.2) is 32.0 Å². The summed E-state index contributed by atoms with van der Waals surface area (Å²) in [6.07, 6.45) is 1.73. The first kappa shape index (κ1) is 15.2. The Balaban J connectivity index is 2.66. The summed E-state index contributed by atoms with van der Waals surface area (Å²) in [5.74, 6) is 0.142. The molecule has 0 amide bonds. The monoisotopic (exact) mass is 306 g/mol. The van der Waals surface area contributed by atoms with Gasteiger partial charge in [0.1, 0.15) is 14.8 Å². The van der Waals surface area contributed by atoms with E-state index in [2.05, 4.69) is 5.32 Å². The molecular formula is C11H15ClN2O2S2. The summed E-state index contributed by atoms with van der Waals surface area (Å²) in [6.45, 7) is 0.517. The fourth-order valence-corrected chi connectivity index (χ4v) is 2.45. The van der Waals surface area contributed by atoms with Gasteiger partial charge in [-0.15, -0.1) is 0 Å². The Morgan fingerprint density at radius 2 is 2.17 bits per heavy atom. The molecule has 100 valence electrons. The number of anilines is 1. The van der Waals surface area contributed by atoms with E-state index in [9.17, 15) is 8.42 Å². The van der Waals surface area contributed by atoms with Crippen molar-refractivity contribution in [3.8, 4) is 0 Å². The largest absolute Gasteiger partial charge is 0.389 e. The van der Waals surface area contributed by atoms with Gasteiger partial charge in [0.25, 0.3) is 0 Å². The summed E-state index contributed by atoms with van der Waals surface area (Å²) in [4.78, 5) is 0.275. The molecule has 1 aromatic rings. The highest BCUT2D eigenvalue weighted by molar-refractivity contribution is 7.90. The van der Waals surface area contributed by atoms with E-state index in [-0.39, 0.29) is 10.7 Å². The number of sulfone groups is 1. The van der Waals surface area contributed by atoms with Gasteiger partial charge < -0.3 is 11.1 Å². The van der Waals surface area contributed by atoms with E-state index in [0.29, 0.717) is 23.6 Å². The second-order valence-corrected chi connectivity index (χ2v) is 7.10. The molecular weight excluding hydrogens is 292 g/mol. The van der Waals surface area contributed by atoms with Crippen molar-refractivity contribution in [1.82, 2.24) is 0 Å². The molecule has 0 radical (unpaired) electrons. The molecule has 0 heterocycles. The highest BCUT2D eigenvalue weighted by atomic mass is 35.5. The maximum Gasteiger partial charge on any atom is 0.147 e. The molecule has 0 aliphatic heterocycles. The highest BCUT2D eigenvalue weighted by Gasteiger charge is 2.06. The minimum Gasteiger partial charge on any atom is -0.389 e. The Hall–Kier alpha value is -0.850. The summed E-state index contributed by atoms with van der Waals surface area (Å²) in [5, 5.41) is 3.66. The summed E-state index contributed by atoms with van der Waals surface area (Å²) in [5.41, 5.74) is 7.02. The molecule has 1 rings (SSSR count). The number of rotatable bonds is 6. The van der Waals surface area contributed by atoms with Crippen molar-refractivity contribution in [2.24, 2.45) is 5.73 Å². The average molecular weight is 307 g/mol. The third kappa shape index (κ3) is 5.20. The standard InChI is InChI=1S/C11H15ClN2O2S2/c1-18(15,16)6-2-5-14-10-7-8(12)3-4-9(10)11(13)17/h3-4,7,14H,2,5-6H2,1H3,(H2,13,17). The number of benzene rings is 1. The molecule has 0 aliphatic carbocycles. The fourth-order valence-electron chi connectivity index (χ4n) is 1.44. The molecule has 0 atom stereocenters. The zero-order valence-corrected chi connectivity index (χ0v) is 12.3. The molecule has 0 spiro atoms. The predicted molar refractivity (Wildman–Crippen MR) is 80.2 cm³/mol. The van der Waals surface area contributed by atoms with Crippen LogP contribution in [0.5, 0.6) is 0 Å². The van der Waals surface area contributed by atoms with Crippen LogP contribution < -0.4 is 11.1 Å². The number of halogens is 1. The Kier molecular flexibility index (Phi) is 5.37. The first-order valence-corrected chi connectivity index (χ1v) is 8.15. The van der Waals surface area contributed by atoms with E-state index in [0.717, 1.165) is 5.69 Å². The van der Waals surface area contributed by atoms with E-state index in [1.54, 1.807) is 18.2 Å². The van der Waals surface area contributed by atoms with Crippen molar-refractivity contribution in [2.45, 2.75) is 6.42 Å². The van der Waals surface area contributed by atoms with Crippen LogP contribution in [0, 0.1) is 0 Å². The predicted octanol–water partition coefficient (Wildman–Crippen LogP) is 1.82. The van der Waals surface area contributed by atoms with E-state index in [4.69, 9.17) is 29.6 Å². The van der Waals surface area contributed by atoms with Gasteiger partial charge in [-0.1, -0.05) is 23.8 Å². The molecule has 0 unspecified atom stereocenters. The van der Waals surface area contributed by atoms with Gasteiger partial charge in [0.05, 0.1) is 5.75 Å². The summed E-state index contributed by atoms with van der Waals surface area (Å²) < 4.78 is 22.0. The second kappa shape index (κ2) is 6.36. The SMILES string of the molecule is CS(=O)(=O)CCCNc1cc(Cl)ccc1C(N)=S. The molecule has 1 aromatic carbocycles. The van der Waals surface area contributed by atoms with E-state index >= 15 is 0 Å². The van der Waals surface area contributed by atoms with Gasteiger partial charge in [0.15, 0.2) is 0 Å². The van der Waals surface area contributed by atoms with Gasteiger partial charge >= 0.3 is 0 Å². The molecule has 0 aliphatic rings. The van der Waals surface area contributed by atoms with Crippen molar-refractivity contribution in [3.05, 3.63) is 28.8 Å². The number of hydrogen-bond donors (Lipinski definition) is 2. The lowest BCUT2D eigenvalue weighted by Gasteiger charge is -2.11. The highest BCUT2D eigenvalue weighted by Crippen LogP contribution is 2.21. The van der Waals surface area contributed by atoms with Crippen LogP contribution in [-0.2, 0) is 9.84 Å². The Labute approximate surface area is 117 Å². The lowest BCUT2D eigenvalue weighted by atomic mass is 10.1. The van der Waals surface area contributed by atoms with Gasteiger partial charge in [-0.2, -0.15) is 0 Å². The molecule has 4 nitrogen and oxygen atoms in total. The van der Waals surface area contributed by atoms with E-state index in [1.807, 2.05) is 0 Å². The lowest BCUT2D eigenvalue weighted by molar-refractivity contribution is 0.600. The first-order valence-electron chi connectivity index (χ1n) is 5.30. The van der Waals surface area contributed by atoms with Crippen molar-refractivity contribution >= 4 is 44.3 Å². The molecule has 0 saturated carbocycles. The van der Waals surface area contributed by atoms with Crippen molar-refractivity contribution in [1.29, 1.82) is 0 Å². The fraction of sp³-hybridized carbons (Fsp3) is 0.364. The summed E-state index contributed by atoms with van der Waals surface area (Å²) in [6, 6.07) is 5.16. The maximum absolute atomic E-state index is 11.0. The molecule has 7 heteroatoms. The Morgan fingerprint density at radius 3 is 2.72 bits per heavy atom. The quantitative estimate of drug-likeness (QED) is 0.619. The summed E-state index contributed by atoms with van der Waals surface area (Å²) >= 11 is 10.8. The number of thiocarbonyl (C=S) groups is 1. The molecule has 18 heavy (non-hydrogen) atoms. The van der Waals surface area contributed by atoms with Gasteiger partial charge in [0.2, 0.25) is 0 Å². The topological polar surface area (TPSA) is 72.2 Å². The van der Waals surface area contributed by atoms with Crippen molar-refractivity contribution < 1.29 is 8.42 Å². The summed E-state index contributed by atoms with van der Waals surface area (Å²) in [7, 11) is -2.93. The minimum atomic E-state index is -2.93. The van der Waals surface area contributed by atoms with Crippen LogP contribution in [0.15, 0.2) is 18.2 Å². The van der Waals surface area contributed by atoms with Crippen LogP contribution in [0.1, 0.15) is 12.0 Å². The number of hydrogen-bond acceptors (Lipinski definition) is 4.